The van der Waals surface area contributed by atoms with Crippen LogP contribution in [0.2, 0.25) is 0 Å². The zero-order valence-electron chi connectivity index (χ0n) is 9.71. The maximum Gasteiger partial charge on any atom is 0.305 e. The van der Waals surface area contributed by atoms with Crippen LogP contribution in [0.3, 0.4) is 0 Å². The highest BCUT2D eigenvalue weighted by molar-refractivity contribution is 5.68. The Morgan fingerprint density at radius 1 is 1.38 bits per heavy atom. The van der Waals surface area contributed by atoms with Gasteiger partial charge in [0.05, 0.1) is 7.11 Å². The second-order valence-corrected chi connectivity index (χ2v) is 3.81. The number of esters is 1. The highest BCUT2D eigenvalue weighted by Crippen LogP contribution is 2.04. The number of nitrogens with one attached hydrogen (secondary N) is 1. The van der Waals surface area contributed by atoms with E-state index in [1.54, 1.807) is 12.1 Å². The standard InChI is InChI=1S/C12H17NO3/c1-9-7-11(14)8-10(13-9)5-3-4-6-12(15)16-2/h7-8H,3-6H2,1-2H3,(H,13,14). The Hall–Kier alpha value is -1.58. The van der Waals surface area contributed by atoms with E-state index in [1.165, 1.54) is 7.11 Å². The molecule has 0 aliphatic rings. The third-order valence-corrected chi connectivity index (χ3v) is 2.34. The molecule has 1 aromatic heterocycles. The van der Waals surface area contributed by atoms with Gasteiger partial charge in [-0.25, -0.2) is 0 Å². The average molecular weight is 223 g/mol. The minimum Gasteiger partial charge on any atom is -0.469 e. The number of H-pyrrole nitrogens is 1. The lowest BCUT2D eigenvalue weighted by molar-refractivity contribution is -0.140. The fraction of sp³-hybridized carbons (Fsp3) is 0.500. The first-order valence-corrected chi connectivity index (χ1v) is 5.38. The summed E-state index contributed by atoms with van der Waals surface area (Å²) in [7, 11) is 1.39. The van der Waals surface area contributed by atoms with Crippen LogP contribution in [0.5, 0.6) is 0 Å². The van der Waals surface area contributed by atoms with Gasteiger partial charge in [0.1, 0.15) is 0 Å². The van der Waals surface area contributed by atoms with Gasteiger partial charge in [-0.15, -0.1) is 0 Å². The van der Waals surface area contributed by atoms with Crippen LogP contribution in [0.1, 0.15) is 30.7 Å². The molecular weight excluding hydrogens is 206 g/mol. The number of methoxy groups -OCH3 is 1. The number of aromatic amines is 1. The van der Waals surface area contributed by atoms with Crippen molar-refractivity contribution in [1.29, 1.82) is 0 Å². The second-order valence-electron chi connectivity index (χ2n) is 3.81. The third-order valence-electron chi connectivity index (χ3n) is 2.34. The molecule has 1 heterocycles. The maximum absolute atomic E-state index is 11.2. The highest BCUT2D eigenvalue weighted by Gasteiger charge is 2.01. The zero-order valence-corrected chi connectivity index (χ0v) is 9.71. The molecule has 0 aromatic carbocycles. The quantitative estimate of drug-likeness (QED) is 0.609. The Kier molecular flexibility index (Phi) is 4.76. The van der Waals surface area contributed by atoms with E-state index in [0.29, 0.717) is 6.42 Å². The summed E-state index contributed by atoms with van der Waals surface area (Å²) in [5, 5.41) is 0. The number of hydrogen-bond donors (Lipinski definition) is 1. The van der Waals surface area contributed by atoms with Crippen LogP contribution in [0.25, 0.3) is 0 Å². The number of hydrogen-bond acceptors (Lipinski definition) is 3. The maximum atomic E-state index is 11.2. The van der Waals surface area contributed by atoms with Crippen molar-refractivity contribution in [2.45, 2.75) is 32.6 Å². The number of ether oxygens (including phenoxy) is 1. The molecule has 1 aromatic rings. The Labute approximate surface area is 94.6 Å². The molecule has 0 spiro atoms. The van der Waals surface area contributed by atoms with E-state index < -0.39 is 0 Å². The Bertz CT molecular complexity index is 409. The van der Waals surface area contributed by atoms with Gasteiger partial charge >= 0.3 is 5.97 Å². The summed E-state index contributed by atoms with van der Waals surface area (Å²) < 4.78 is 4.54. The van der Waals surface area contributed by atoms with Gasteiger partial charge < -0.3 is 9.72 Å². The van der Waals surface area contributed by atoms with E-state index in [0.717, 1.165) is 30.7 Å². The minimum atomic E-state index is -0.183. The van der Waals surface area contributed by atoms with E-state index in [9.17, 15) is 9.59 Å². The van der Waals surface area contributed by atoms with Crippen LogP contribution in [-0.2, 0) is 16.0 Å². The lowest BCUT2D eigenvalue weighted by Crippen LogP contribution is -2.05. The molecule has 4 nitrogen and oxygen atoms in total. The normalized spacial score (nSPS) is 10.1. The molecule has 0 amide bonds. The summed E-state index contributed by atoms with van der Waals surface area (Å²) in [4.78, 5) is 25.2. The molecule has 0 saturated carbocycles. The molecular formula is C12H17NO3. The van der Waals surface area contributed by atoms with Crippen LogP contribution < -0.4 is 5.43 Å². The van der Waals surface area contributed by atoms with Crippen LogP contribution in [-0.4, -0.2) is 18.1 Å². The van der Waals surface area contributed by atoms with E-state index in [-0.39, 0.29) is 11.4 Å². The highest BCUT2D eigenvalue weighted by atomic mass is 16.5. The van der Waals surface area contributed by atoms with Crippen molar-refractivity contribution in [2.24, 2.45) is 0 Å². The van der Waals surface area contributed by atoms with Crippen molar-refractivity contribution in [3.05, 3.63) is 33.7 Å². The van der Waals surface area contributed by atoms with Crippen molar-refractivity contribution in [3.63, 3.8) is 0 Å². The second kappa shape index (κ2) is 6.10. The van der Waals surface area contributed by atoms with Gasteiger partial charge in [-0.1, -0.05) is 0 Å². The van der Waals surface area contributed by atoms with E-state index in [4.69, 9.17) is 0 Å². The van der Waals surface area contributed by atoms with Crippen LogP contribution in [0, 0.1) is 6.92 Å². The first-order chi connectivity index (χ1) is 7.61. The first-order valence-electron chi connectivity index (χ1n) is 5.38. The van der Waals surface area contributed by atoms with Crippen molar-refractivity contribution in [2.75, 3.05) is 7.11 Å². The van der Waals surface area contributed by atoms with Crippen molar-refractivity contribution in [3.8, 4) is 0 Å². The summed E-state index contributed by atoms with van der Waals surface area (Å²) in [5.74, 6) is -0.183. The Morgan fingerprint density at radius 3 is 2.75 bits per heavy atom. The van der Waals surface area contributed by atoms with Gasteiger partial charge in [-0.3, -0.25) is 9.59 Å². The third kappa shape index (κ3) is 4.29. The van der Waals surface area contributed by atoms with E-state index >= 15 is 0 Å². The molecule has 16 heavy (non-hydrogen) atoms. The molecule has 0 aliphatic heterocycles. The molecule has 1 rings (SSSR count). The van der Waals surface area contributed by atoms with Gasteiger partial charge in [-0.2, -0.15) is 0 Å². The van der Waals surface area contributed by atoms with Crippen molar-refractivity contribution < 1.29 is 9.53 Å². The van der Waals surface area contributed by atoms with E-state index in [1.807, 2.05) is 6.92 Å². The molecule has 88 valence electrons. The fourth-order valence-electron chi connectivity index (χ4n) is 1.57. The molecule has 4 heteroatoms. The predicted octanol–water partition coefficient (Wildman–Crippen LogP) is 1.57. The van der Waals surface area contributed by atoms with Gasteiger partial charge in [0.25, 0.3) is 0 Å². The topological polar surface area (TPSA) is 59.2 Å². The van der Waals surface area contributed by atoms with Crippen LogP contribution >= 0.6 is 0 Å². The van der Waals surface area contributed by atoms with Gasteiger partial charge in [0.15, 0.2) is 5.43 Å². The number of rotatable bonds is 5. The largest absolute Gasteiger partial charge is 0.469 e. The SMILES string of the molecule is COC(=O)CCCCc1cc(=O)cc(C)[nH]1. The summed E-state index contributed by atoms with van der Waals surface area (Å²) in [5.41, 5.74) is 1.82. The fourth-order valence-corrected chi connectivity index (χ4v) is 1.57. The molecule has 0 unspecified atom stereocenters. The molecule has 0 atom stereocenters. The number of unbranched alkanes of at least 4 members (excludes halogenated alkanes) is 1. The monoisotopic (exact) mass is 223 g/mol. The lowest BCUT2D eigenvalue weighted by atomic mass is 10.1. The Balaban J connectivity index is 2.37. The lowest BCUT2D eigenvalue weighted by Gasteiger charge is -2.02. The number of carbonyl (C=O) groups excluding carboxylic acids is 1. The first kappa shape index (κ1) is 12.5. The van der Waals surface area contributed by atoms with Gasteiger partial charge in [0, 0.05) is 29.9 Å². The summed E-state index contributed by atoms with van der Waals surface area (Å²) in [6.45, 7) is 1.86. The molecule has 0 bridgehead atoms. The number of aromatic nitrogens is 1. The summed E-state index contributed by atoms with van der Waals surface area (Å²) >= 11 is 0. The Morgan fingerprint density at radius 2 is 2.12 bits per heavy atom. The average Bonchev–Trinajstić information content (AvgIpc) is 2.22. The smallest absolute Gasteiger partial charge is 0.305 e. The molecule has 0 aliphatic carbocycles. The van der Waals surface area contributed by atoms with Gasteiger partial charge in [-0.05, 0) is 26.2 Å². The van der Waals surface area contributed by atoms with E-state index in [2.05, 4.69) is 9.72 Å². The predicted molar refractivity (Wildman–Crippen MR) is 61.4 cm³/mol. The zero-order chi connectivity index (χ0) is 12.0. The summed E-state index contributed by atoms with van der Waals surface area (Å²) in [6, 6.07) is 3.17. The van der Waals surface area contributed by atoms with Crippen molar-refractivity contribution in [1.82, 2.24) is 4.98 Å². The number of carbonyl (C=O) groups is 1. The molecule has 0 saturated heterocycles. The summed E-state index contributed by atoms with van der Waals surface area (Å²) in [6.07, 6.45) is 2.87. The molecule has 0 radical (unpaired) electrons. The minimum absolute atomic E-state index is 0.0271. The van der Waals surface area contributed by atoms with Crippen LogP contribution in [0.15, 0.2) is 16.9 Å². The molecule has 0 fully saturated rings. The molecule has 1 N–H and O–H groups in total. The van der Waals surface area contributed by atoms with Crippen LogP contribution in [0.4, 0.5) is 0 Å². The van der Waals surface area contributed by atoms with Gasteiger partial charge in [0.2, 0.25) is 0 Å². The van der Waals surface area contributed by atoms with Crippen molar-refractivity contribution >= 4 is 5.97 Å². The number of aryl methyl sites for hydroxylation is 2. The number of pyridine rings is 1.